The monoisotopic (exact) mass is 251 g/mol. The fraction of sp³-hybridized carbons (Fsp3) is 0.417. The van der Waals surface area contributed by atoms with Gasteiger partial charge in [-0.3, -0.25) is 9.78 Å². The highest BCUT2D eigenvalue weighted by atomic mass is 16.4. The van der Waals surface area contributed by atoms with Crippen LogP contribution in [-0.2, 0) is 11.3 Å². The number of carbonyl (C=O) groups excluding carboxylic acids is 1. The van der Waals surface area contributed by atoms with Crippen molar-refractivity contribution in [2.45, 2.75) is 26.8 Å². The van der Waals surface area contributed by atoms with Crippen LogP contribution in [-0.4, -0.2) is 28.6 Å². The largest absolute Gasteiger partial charge is 0.481 e. The molecule has 6 heteroatoms. The van der Waals surface area contributed by atoms with E-state index in [1.165, 1.54) is 0 Å². The van der Waals surface area contributed by atoms with Crippen molar-refractivity contribution in [3.63, 3.8) is 0 Å². The van der Waals surface area contributed by atoms with Gasteiger partial charge in [-0.05, 0) is 31.5 Å². The molecule has 0 spiro atoms. The maximum atomic E-state index is 11.3. The third-order valence-electron chi connectivity index (χ3n) is 2.22. The number of hydrogen-bond donors (Lipinski definition) is 3. The molecule has 0 aliphatic heterocycles. The molecular formula is C12H17N3O3. The van der Waals surface area contributed by atoms with Gasteiger partial charge in [0.05, 0.1) is 6.42 Å². The highest BCUT2D eigenvalue weighted by molar-refractivity contribution is 5.74. The Kier molecular flexibility index (Phi) is 5.10. The Balaban J connectivity index is 2.35. The zero-order valence-corrected chi connectivity index (χ0v) is 10.5. The summed E-state index contributed by atoms with van der Waals surface area (Å²) in [5, 5.41) is 13.5. The number of aliphatic carboxylic acids is 1. The second-order valence-corrected chi connectivity index (χ2v) is 4.01. The van der Waals surface area contributed by atoms with Crippen LogP contribution in [0.3, 0.4) is 0 Å². The van der Waals surface area contributed by atoms with Gasteiger partial charge in [-0.2, -0.15) is 0 Å². The highest BCUT2D eigenvalue weighted by Crippen LogP contribution is 2.04. The fourth-order valence-electron chi connectivity index (χ4n) is 1.55. The van der Waals surface area contributed by atoms with Crippen molar-refractivity contribution in [2.75, 3.05) is 6.54 Å². The number of pyridine rings is 1. The molecule has 2 amide bonds. The topological polar surface area (TPSA) is 91.3 Å². The predicted molar refractivity (Wildman–Crippen MR) is 66.2 cm³/mol. The lowest BCUT2D eigenvalue weighted by Gasteiger charge is -2.08. The summed E-state index contributed by atoms with van der Waals surface area (Å²) in [6.07, 6.45) is -0.0824. The number of aryl methyl sites for hydroxylation is 2. The van der Waals surface area contributed by atoms with Crippen LogP contribution in [0.2, 0.25) is 0 Å². The minimum absolute atomic E-state index is 0.0824. The zero-order chi connectivity index (χ0) is 13.5. The van der Waals surface area contributed by atoms with E-state index in [1.807, 2.05) is 26.0 Å². The second kappa shape index (κ2) is 6.58. The van der Waals surface area contributed by atoms with Gasteiger partial charge in [0.15, 0.2) is 0 Å². The molecule has 3 N–H and O–H groups in total. The maximum Gasteiger partial charge on any atom is 0.315 e. The van der Waals surface area contributed by atoms with Gasteiger partial charge >= 0.3 is 12.0 Å². The maximum absolute atomic E-state index is 11.3. The van der Waals surface area contributed by atoms with Crippen molar-refractivity contribution in [2.24, 2.45) is 0 Å². The summed E-state index contributed by atoms with van der Waals surface area (Å²) >= 11 is 0. The number of carboxylic acid groups (broad SMARTS) is 1. The lowest BCUT2D eigenvalue weighted by molar-refractivity contribution is -0.136. The Morgan fingerprint density at radius 1 is 1.22 bits per heavy atom. The Bertz CT molecular complexity index is 426. The molecule has 0 saturated carbocycles. The van der Waals surface area contributed by atoms with Crippen LogP contribution in [0.4, 0.5) is 4.79 Å². The number of aromatic nitrogens is 1. The number of nitrogens with zero attached hydrogens (tertiary/aromatic N) is 1. The summed E-state index contributed by atoms with van der Waals surface area (Å²) in [4.78, 5) is 25.8. The molecule has 0 aliphatic rings. The van der Waals surface area contributed by atoms with E-state index in [4.69, 9.17) is 5.11 Å². The number of carboxylic acids is 1. The Morgan fingerprint density at radius 2 is 1.83 bits per heavy atom. The van der Waals surface area contributed by atoms with E-state index in [-0.39, 0.29) is 19.0 Å². The number of hydrogen-bond acceptors (Lipinski definition) is 3. The SMILES string of the molecule is Cc1cc(CNC(=O)NCCC(=O)O)cc(C)n1. The average molecular weight is 251 g/mol. The summed E-state index contributed by atoms with van der Waals surface area (Å²) in [6.45, 7) is 4.30. The smallest absolute Gasteiger partial charge is 0.315 e. The number of amides is 2. The minimum Gasteiger partial charge on any atom is -0.481 e. The van der Waals surface area contributed by atoms with Crippen LogP contribution in [0, 0.1) is 13.8 Å². The van der Waals surface area contributed by atoms with Gasteiger partial charge in [0.25, 0.3) is 0 Å². The van der Waals surface area contributed by atoms with E-state index in [9.17, 15) is 9.59 Å². The van der Waals surface area contributed by atoms with Crippen LogP contribution < -0.4 is 10.6 Å². The second-order valence-electron chi connectivity index (χ2n) is 4.01. The van der Waals surface area contributed by atoms with E-state index < -0.39 is 5.97 Å². The van der Waals surface area contributed by atoms with Crippen LogP contribution in [0.15, 0.2) is 12.1 Å². The molecule has 98 valence electrons. The van der Waals surface area contributed by atoms with Crippen LogP contribution in [0.1, 0.15) is 23.4 Å². The minimum atomic E-state index is -0.935. The summed E-state index contributed by atoms with van der Waals surface area (Å²) < 4.78 is 0. The molecule has 1 aromatic heterocycles. The highest BCUT2D eigenvalue weighted by Gasteiger charge is 2.03. The molecule has 0 radical (unpaired) electrons. The van der Waals surface area contributed by atoms with Crippen molar-refractivity contribution in [1.29, 1.82) is 0 Å². The molecule has 0 bridgehead atoms. The first-order valence-corrected chi connectivity index (χ1v) is 5.65. The zero-order valence-electron chi connectivity index (χ0n) is 10.5. The number of urea groups is 1. The van der Waals surface area contributed by atoms with Crippen LogP contribution in [0.25, 0.3) is 0 Å². The van der Waals surface area contributed by atoms with Crippen LogP contribution in [0.5, 0.6) is 0 Å². The van der Waals surface area contributed by atoms with E-state index in [0.29, 0.717) is 6.54 Å². The van der Waals surface area contributed by atoms with E-state index in [1.54, 1.807) is 0 Å². The standard InChI is InChI=1S/C12H17N3O3/c1-8-5-10(6-9(2)15-8)7-14-12(18)13-4-3-11(16)17/h5-6H,3-4,7H2,1-2H3,(H,16,17)(H2,13,14,18). The molecule has 0 atom stereocenters. The van der Waals surface area contributed by atoms with Gasteiger partial charge in [-0.25, -0.2) is 4.79 Å². The third-order valence-corrected chi connectivity index (χ3v) is 2.22. The Hall–Kier alpha value is -2.11. The van der Waals surface area contributed by atoms with Crippen molar-refractivity contribution >= 4 is 12.0 Å². The van der Waals surface area contributed by atoms with E-state index in [0.717, 1.165) is 17.0 Å². The first-order chi connectivity index (χ1) is 8.47. The summed E-state index contributed by atoms with van der Waals surface area (Å²) in [5.74, 6) is -0.935. The van der Waals surface area contributed by atoms with Crippen molar-refractivity contribution in [3.05, 3.63) is 29.1 Å². The van der Waals surface area contributed by atoms with Gasteiger partial charge < -0.3 is 15.7 Å². The molecule has 1 aromatic rings. The van der Waals surface area contributed by atoms with Gasteiger partial charge in [-0.15, -0.1) is 0 Å². The van der Waals surface area contributed by atoms with E-state index in [2.05, 4.69) is 15.6 Å². The predicted octanol–water partition coefficient (Wildman–Crippen LogP) is 0.972. The number of rotatable bonds is 5. The van der Waals surface area contributed by atoms with Crippen molar-refractivity contribution in [3.8, 4) is 0 Å². The first-order valence-electron chi connectivity index (χ1n) is 5.65. The molecule has 1 rings (SSSR count). The molecular weight excluding hydrogens is 234 g/mol. The molecule has 0 unspecified atom stereocenters. The molecule has 0 fully saturated rings. The molecule has 6 nitrogen and oxygen atoms in total. The first kappa shape index (κ1) is 14.0. The quantitative estimate of drug-likeness (QED) is 0.727. The lowest BCUT2D eigenvalue weighted by atomic mass is 10.2. The summed E-state index contributed by atoms with van der Waals surface area (Å²) in [7, 11) is 0. The fourth-order valence-corrected chi connectivity index (χ4v) is 1.55. The lowest BCUT2D eigenvalue weighted by Crippen LogP contribution is -2.36. The van der Waals surface area contributed by atoms with Crippen molar-refractivity contribution in [1.82, 2.24) is 15.6 Å². The van der Waals surface area contributed by atoms with Crippen LogP contribution >= 0.6 is 0 Å². The average Bonchev–Trinajstić information content (AvgIpc) is 2.24. The number of nitrogens with one attached hydrogen (secondary N) is 2. The van der Waals surface area contributed by atoms with Gasteiger partial charge in [0, 0.05) is 24.5 Å². The Labute approximate surface area is 105 Å². The van der Waals surface area contributed by atoms with Crippen molar-refractivity contribution < 1.29 is 14.7 Å². The molecule has 0 aliphatic carbocycles. The van der Waals surface area contributed by atoms with Gasteiger partial charge in [0.2, 0.25) is 0 Å². The number of carbonyl (C=O) groups is 2. The van der Waals surface area contributed by atoms with Gasteiger partial charge in [-0.1, -0.05) is 0 Å². The normalized spacial score (nSPS) is 9.89. The molecule has 0 saturated heterocycles. The molecule has 1 heterocycles. The third kappa shape index (κ3) is 5.29. The Morgan fingerprint density at radius 3 is 2.39 bits per heavy atom. The van der Waals surface area contributed by atoms with Gasteiger partial charge in [0.1, 0.15) is 0 Å². The molecule has 0 aromatic carbocycles. The molecule has 18 heavy (non-hydrogen) atoms. The van der Waals surface area contributed by atoms with E-state index >= 15 is 0 Å². The summed E-state index contributed by atoms with van der Waals surface area (Å²) in [5.41, 5.74) is 2.77. The summed E-state index contributed by atoms with van der Waals surface area (Å²) in [6, 6.07) is 3.41.